The largest absolute Gasteiger partial charge is 0.388 e. The van der Waals surface area contributed by atoms with Crippen molar-refractivity contribution in [3.05, 3.63) is 47.0 Å². The van der Waals surface area contributed by atoms with Crippen LogP contribution >= 0.6 is 15.9 Å². The van der Waals surface area contributed by atoms with E-state index in [0.717, 1.165) is 16.5 Å². The van der Waals surface area contributed by atoms with Crippen LogP contribution in [-0.4, -0.2) is 5.11 Å². The lowest BCUT2D eigenvalue weighted by Gasteiger charge is -2.18. The molecule has 0 unspecified atom stereocenters. The van der Waals surface area contributed by atoms with Crippen LogP contribution < -0.4 is 0 Å². The van der Waals surface area contributed by atoms with Gasteiger partial charge in [0.25, 0.3) is 0 Å². The van der Waals surface area contributed by atoms with Crippen molar-refractivity contribution in [3.8, 4) is 0 Å². The van der Waals surface area contributed by atoms with Gasteiger partial charge in [-0.2, -0.15) is 0 Å². The van der Waals surface area contributed by atoms with Crippen molar-refractivity contribution < 1.29 is 5.11 Å². The van der Waals surface area contributed by atoms with E-state index in [1.807, 2.05) is 37.3 Å². The molecule has 0 heterocycles. The van der Waals surface area contributed by atoms with E-state index in [1.165, 1.54) is 0 Å². The normalized spacial score (nSPS) is 14.8. The molecule has 2 atom stereocenters. The van der Waals surface area contributed by atoms with Gasteiger partial charge in [0.2, 0.25) is 0 Å². The Hall–Kier alpha value is -0.600. The van der Waals surface area contributed by atoms with Gasteiger partial charge in [0.15, 0.2) is 0 Å². The summed E-state index contributed by atoms with van der Waals surface area (Å²) in [6.07, 6.45) is 2.26. The molecule has 0 amide bonds. The summed E-state index contributed by atoms with van der Waals surface area (Å²) in [4.78, 5) is 0. The molecule has 1 aromatic rings. The Kier molecular flexibility index (Phi) is 4.36. The van der Waals surface area contributed by atoms with Crippen LogP contribution in [0.1, 0.15) is 25.0 Å². The Morgan fingerprint density at radius 1 is 1.57 bits per heavy atom. The molecule has 0 aliphatic rings. The average Bonchev–Trinajstić information content (AvgIpc) is 2.19. The molecule has 0 fully saturated rings. The number of aliphatic hydroxyl groups excluding tert-OH is 1. The van der Waals surface area contributed by atoms with Gasteiger partial charge in [0.05, 0.1) is 6.10 Å². The van der Waals surface area contributed by atoms with Crippen LogP contribution in [0, 0.1) is 5.92 Å². The average molecular weight is 255 g/mol. The van der Waals surface area contributed by atoms with Gasteiger partial charge in [-0.1, -0.05) is 41.1 Å². The summed E-state index contributed by atoms with van der Waals surface area (Å²) in [7, 11) is 0. The highest BCUT2D eigenvalue weighted by molar-refractivity contribution is 9.10. The second-order valence-corrected chi connectivity index (χ2v) is 4.22. The van der Waals surface area contributed by atoms with Gasteiger partial charge in [-0.15, -0.1) is 6.58 Å². The van der Waals surface area contributed by atoms with Crippen molar-refractivity contribution >= 4 is 15.9 Å². The highest BCUT2D eigenvalue weighted by Crippen LogP contribution is 2.26. The van der Waals surface area contributed by atoms with E-state index >= 15 is 0 Å². The Labute approximate surface area is 93.6 Å². The topological polar surface area (TPSA) is 20.2 Å². The maximum atomic E-state index is 10.0. The van der Waals surface area contributed by atoms with Gasteiger partial charge >= 0.3 is 0 Å². The Morgan fingerprint density at radius 2 is 2.29 bits per heavy atom. The third-order valence-corrected chi connectivity index (χ3v) is 2.86. The molecular formula is C12H15BrO. The molecule has 76 valence electrons. The van der Waals surface area contributed by atoms with Crippen LogP contribution in [-0.2, 0) is 0 Å². The van der Waals surface area contributed by atoms with E-state index in [2.05, 4.69) is 22.5 Å². The van der Waals surface area contributed by atoms with Crippen LogP contribution in [0.4, 0.5) is 0 Å². The molecule has 0 bridgehead atoms. The van der Waals surface area contributed by atoms with Crippen LogP contribution in [0.2, 0.25) is 0 Å². The highest BCUT2D eigenvalue weighted by atomic mass is 79.9. The first kappa shape index (κ1) is 11.5. The standard InChI is InChI=1S/C12H15BrO/c1-3-9(4-2)12(14)10-6-5-7-11(13)8-10/h3,5-9,12,14H,1,4H2,2H3/t9-,12-/m1/s1. The van der Waals surface area contributed by atoms with E-state index in [4.69, 9.17) is 0 Å². The summed E-state index contributed by atoms with van der Waals surface area (Å²) in [5.74, 6) is 0.129. The smallest absolute Gasteiger partial charge is 0.0852 e. The summed E-state index contributed by atoms with van der Waals surface area (Å²) in [5.41, 5.74) is 0.936. The van der Waals surface area contributed by atoms with Gasteiger partial charge in [0.1, 0.15) is 0 Å². The van der Waals surface area contributed by atoms with E-state index in [9.17, 15) is 5.11 Å². The fourth-order valence-corrected chi connectivity index (χ4v) is 1.87. The number of halogens is 1. The molecule has 0 saturated heterocycles. The summed E-state index contributed by atoms with van der Waals surface area (Å²) in [6.45, 7) is 5.78. The number of rotatable bonds is 4. The molecule has 0 radical (unpaired) electrons. The van der Waals surface area contributed by atoms with Crippen molar-refractivity contribution in [2.45, 2.75) is 19.4 Å². The quantitative estimate of drug-likeness (QED) is 0.813. The molecular weight excluding hydrogens is 240 g/mol. The molecule has 0 spiro atoms. The second-order valence-electron chi connectivity index (χ2n) is 3.31. The Morgan fingerprint density at radius 3 is 2.79 bits per heavy atom. The first-order chi connectivity index (χ1) is 6.69. The number of aliphatic hydroxyl groups is 1. The van der Waals surface area contributed by atoms with E-state index < -0.39 is 6.10 Å². The van der Waals surface area contributed by atoms with Gasteiger partial charge in [-0.25, -0.2) is 0 Å². The number of benzene rings is 1. The van der Waals surface area contributed by atoms with Gasteiger partial charge < -0.3 is 5.11 Å². The Balaban J connectivity index is 2.87. The molecule has 1 aromatic carbocycles. The fourth-order valence-electron chi connectivity index (χ4n) is 1.46. The zero-order valence-electron chi connectivity index (χ0n) is 8.28. The predicted octanol–water partition coefficient (Wildman–Crippen LogP) is 3.69. The number of hydrogen-bond acceptors (Lipinski definition) is 1. The van der Waals surface area contributed by atoms with Crippen molar-refractivity contribution in [2.24, 2.45) is 5.92 Å². The first-order valence-electron chi connectivity index (χ1n) is 4.75. The minimum atomic E-state index is -0.449. The molecule has 1 N–H and O–H groups in total. The van der Waals surface area contributed by atoms with Crippen molar-refractivity contribution in [2.75, 3.05) is 0 Å². The zero-order chi connectivity index (χ0) is 10.6. The molecule has 1 nitrogen and oxygen atoms in total. The van der Waals surface area contributed by atoms with Crippen LogP contribution in [0.15, 0.2) is 41.4 Å². The summed E-state index contributed by atoms with van der Waals surface area (Å²) < 4.78 is 0.993. The third kappa shape index (κ3) is 2.69. The minimum absolute atomic E-state index is 0.129. The molecule has 0 aromatic heterocycles. The summed E-state index contributed by atoms with van der Waals surface area (Å²) in [6, 6.07) is 7.75. The number of hydrogen-bond donors (Lipinski definition) is 1. The van der Waals surface area contributed by atoms with Gasteiger partial charge in [0, 0.05) is 10.4 Å². The molecule has 0 aliphatic carbocycles. The monoisotopic (exact) mass is 254 g/mol. The fraction of sp³-hybridized carbons (Fsp3) is 0.333. The third-order valence-electron chi connectivity index (χ3n) is 2.37. The van der Waals surface area contributed by atoms with Crippen LogP contribution in [0.25, 0.3) is 0 Å². The SMILES string of the molecule is C=C[C@H](CC)[C@@H](O)c1cccc(Br)c1. The van der Waals surface area contributed by atoms with Crippen LogP contribution in [0.3, 0.4) is 0 Å². The minimum Gasteiger partial charge on any atom is -0.388 e. The Bertz CT molecular complexity index is 309. The summed E-state index contributed by atoms with van der Waals surface area (Å²) in [5, 5.41) is 10.0. The first-order valence-corrected chi connectivity index (χ1v) is 5.54. The van der Waals surface area contributed by atoms with Gasteiger partial charge in [-0.3, -0.25) is 0 Å². The lowest BCUT2D eigenvalue weighted by atomic mass is 9.94. The van der Waals surface area contributed by atoms with E-state index in [0.29, 0.717) is 0 Å². The maximum absolute atomic E-state index is 10.0. The predicted molar refractivity (Wildman–Crippen MR) is 63.1 cm³/mol. The molecule has 1 rings (SSSR count). The van der Waals surface area contributed by atoms with Crippen molar-refractivity contribution in [1.29, 1.82) is 0 Å². The zero-order valence-corrected chi connectivity index (χ0v) is 9.87. The van der Waals surface area contributed by atoms with Crippen LogP contribution in [0.5, 0.6) is 0 Å². The molecule has 0 saturated carbocycles. The molecule has 14 heavy (non-hydrogen) atoms. The lowest BCUT2D eigenvalue weighted by Crippen LogP contribution is -2.08. The van der Waals surface area contributed by atoms with Gasteiger partial charge in [-0.05, 0) is 24.1 Å². The maximum Gasteiger partial charge on any atom is 0.0852 e. The molecule has 2 heteroatoms. The highest BCUT2D eigenvalue weighted by Gasteiger charge is 2.15. The molecule has 0 aliphatic heterocycles. The van der Waals surface area contributed by atoms with Crippen molar-refractivity contribution in [3.63, 3.8) is 0 Å². The second kappa shape index (κ2) is 5.32. The summed E-state index contributed by atoms with van der Waals surface area (Å²) >= 11 is 3.39. The van der Waals surface area contributed by atoms with E-state index in [1.54, 1.807) is 0 Å². The lowest BCUT2D eigenvalue weighted by molar-refractivity contribution is 0.129. The van der Waals surface area contributed by atoms with E-state index in [-0.39, 0.29) is 5.92 Å². The van der Waals surface area contributed by atoms with Crippen molar-refractivity contribution in [1.82, 2.24) is 0 Å².